The number of halogens is 2. The van der Waals surface area contributed by atoms with Crippen molar-refractivity contribution in [3.05, 3.63) is 30.0 Å². The van der Waals surface area contributed by atoms with Crippen LogP contribution in [-0.4, -0.2) is 11.6 Å². The standard InChI is InChI=1S/C14H17F2NO/c1-2-3-4-5-10-9-17-13-7-6-11(8-12(10)13)18-14(15)16/h6-9,14,17H,2-5H2,1H3. The first-order valence-electron chi connectivity index (χ1n) is 6.25. The van der Waals surface area contributed by atoms with Crippen molar-refractivity contribution in [3.8, 4) is 5.75 Å². The molecule has 98 valence electrons. The number of nitrogens with one attached hydrogen (secondary N) is 1. The van der Waals surface area contributed by atoms with Crippen LogP contribution in [0.2, 0.25) is 0 Å². The Bertz CT molecular complexity index is 507. The molecule has 0 radical (unpaired) electrons. The van der Waals surface area contributed by atoms with Gasteiger partial charge < -0.3 is 9.72 Å². The number of benzene rings is 1. The van der Waals surface area contributed by atoms with Gasteiger partial charge in [0.1, 0.15) is 5.75 Å². The molecule has 0 spiro atoms. The Labute approximate surface area is 105 Å². The van der Waals surface area contributed by atoms with Crippen molar-refractivity contribution in [2.45, 2.75) is 39.2 Å². The number of ether oxygens (including phenoxy) is 1. The van der Waals surface area contributed by atoms with Crippen molar-refractivity contribution in [2.75, 3.05) is 0 Å². The number of fused-ring (bicyclic) bond motifs is 1. The molecule has 18 heavy (non-hydrogen) atoms. The molecular formula is C14H17F2NO. The van der Waals surface area contributed by atoms with Gasteiger partial charge in [-0.15, -0.1) is 0 Å². The van der Waals surface area contributed by atoms with Crippen molar-refractivity contribution in [2.24, 2.45) is 0 Å². The molecule has 0 saturated heterocycles. The first-order chi connectivity index (χ1) is 8.70. The van der Waals surface area contributed by atoms with Crippen LogP contribution < -0.4 is 4.74 Å². The minimum atomic E-state index is -2.77. The highest BCUT2D eigenvalue weighted by Gasteiger charge is 2.08. The molecule has 0 bridgehead atoms. The quantitative estimate of drug-likeness (QED) is 0.753. The summed E-state index contributed by atoms with van der Waals surface area (Å²) in [7, 11) is 0. The Balaban J connectivity index is 2.20. The summed E-state index contributed by atoms with van der Waals surface area (Å²) in [5.74, 6) is 0.217. The summed E-state index contributed by atoms with van der Waals surface area (Å²) in [5, 5.41) is 0.976. The topological polar surface area (TPSA) is 25.0 Å². The molecule has 0 saturated carbocycles. The minimum absolute atomic E-state index is 0.217. The number of hydrogen-bond acceptors (Lipinski definition) is 1. The second-order valence-electron chi connectivity index (χ2n) is 4.36. The van der Waals surface area contributed by atoms with Crippen LogP contribution in [0.4, 0.5) is 8.78 Å². The normalized spacial score (nSPS) is 11.3. The summed E-state index contributed by atoms with van der Waals surface area (Å²) < 4.78 is 28.8. The highest BCUT2D eigenvalue weighted by molar-refractivity contribution is 5.84. The van der Waals surface area contributed by atoms with E-state index in [1.807, 2.05) is 6.20 Å². The number of rotatable bonds is 6. The van der Waals surface area contributed by atoms with E-state index >= 15 is 0 Å². The Morgan fingerprint density at radius 2 is 2.11 bits per heavy atom. The van der Waals surface area contributed by atoms with E-state index in [-0.39, 0.29) is 5.75 Å². The molecule has 4 heteroatoms. The van der Waals surface area contributed by atoms with Gasteiger partial charge in [-0.3, -0.25) is 0 Å². The zero-order valence-electron chi connectivity index (χ0n) is 10.4. The molecule has 0 aliphatic heterocycles. The second-order valence-corrected chi connectivity index (χ2v) is 4.36. The lowest BCUT2D eigenvalue weighted by molar-refractivity contribution is -0.0497. The lowest BCUT2D eigenvalue weighted by atomic mass is 10.1. The van der Waals surface area contributed by atoms with Crippen LogP contribution in [0, 0.1) is 0 Å². The van der Waals surface area contributed by atoms with Crippen LogP contribution in [-0.2, 0) is 6.42 Å². The van der Waals surface area contributed by atoms with Crippen LogP contribution in [0.5, 0.6) is 5.75 Å². The molecule has 2 rings (SSSR count). The summed E-state index contributed by atoms with van der Waals surface area (Å²) in [6, 6.07) is 5.01. The third kappa shape index (κ3) is 3.00. The molecule has 1 aromatic carbocycles. The van der Waals surface area contributed by atoms with Crippen molar-refractivity contribution in [1.82, 2.24) is 4.98 Å². The number of aromatic nitrogens is 1. The van der Waals surface area contributed by atoms with Gasteiger partial charge in [-0.2, -0.15) is 8.78 Å². The van der Waals surface area contributed by atoms with E-state index in [0.717, 1.165) is 29.3 Å². The van der Waals surface area contributed by atoms with Crippen molar-refractivity contribution in [1.29, 1.82) is 0 Å². The molecule has 1 heterocycles. The number of H-pyrrole nitrogens is 1. The van der Waals surface area contributed by atoms with Crippen LogP contribution >= 0.6 is 0 Å². The van der Waals surface area contributed by atoms with Gasteiger partial charge in [0.25, 0.3) is 0 Å². The monoisotopic (exact) mass is 253 g/mol. The maximum Gasteiger partial charge on any atom is 0.387 e. The fourth-order valence-corrected chi connectivity index (χ4v) is 2.11. The van der Waals surface area contributed by atoms with Gasteiger partial charge in [0.15, 0.2) is 0 Å². The van der Waals surface area contributed by atoms with Gasteiger partial charge in [0.05, 0.1) is 0 Å². The van der Waals surface area contributed by atoms with Gasteiger partial charge in [0, 0.05) is 17.1 Å². The summed E-state index contributed by atoms with van der Waals surface area (Å²) >= 11 is 0. The molecule has 0 unspecified atom stereocenters. The number of aromatic amines is 1. The molecule has 0 fully saturated rings. The van der Waals surface area contributed by atoms with Crippen LogP contribution in [0.25, 0.3) is 10.9 Å². The molecule has 1 N–H and O–H groups in total. The average molecular weight is 253 g/mol. The van der Waals surface area contributed by atoms with Gasteiger partial charge >= 0.3 is 6.61 Å². The Morgan fingerprint density at radius 3 is 2.83 bits per heavy atom. The lowest BCUT2D eigenvalue weighted by Crippen LogP contribution is -2.01. The maximum atomic E-state index is 12.2. The van der Waals surface area contributed by atoms with E-state index in [1.54, 1.807) is 18.2 Å². The predicted octanol–water partition coefficient (Wildman–Crippen LogP) is 4.50. The number of aryl methyl sites for hydroxylation is 1. The Hall–Kier alpha value is -1.58. The number of unbranched alkanes of at least 4 members (excludes halogenated alkanes) is 2. The molecule has 0 atom stereocenters. The van der Waals surface area contributed by atoms with E-state index in [1.165, 1.54) is 12.8 Å². The van der Waals surface area contributed by atoms with Gasteiger partial charge in [-0.25, -0.2) is 0 Å². The second kappa shape index (κ2) is 5.85. The fraction of sp³-hybridized carbons (Fsp3) is 0.429. The molecule has 2 aromatic rings. The molecule has 0 amide bonds. The largest absolute Gasteiger partial charge is 0.435 e. The Morgan fingerprint density at radius 1 is 1.28 bits per heavy atom. The summed E-state index contributed by atoms with van der Waals surface area (Å²) in [4.78, 5) is 3.15. The fourth-order valence-electron chi connectivity index (χ4n) is 2.11. The SMILES string of the molecule is CCCCCc1c[nH]c2ccc(OC(F)F)cc12. The van der Waals surface area contributed by atoms with Crippen molar-refractivity contribution in [3.63, 3.8) is 0 Å². The third-order valence-corrected chi connectivity index (χ3v) is 3.01. The summed E-state index contributed by atoms with van der Waals surface area (Å²) in [6.45, 7) is -0.617. The molecular weight excluding hydrogens is 236 g/mol. The lowest BCUT2D eigenvalue weighted by Gasteiger charge is -2.05. The highest BCUT2D eigenvalue weighted by Crippen LogP contribution is 2.25. The van der Waals surface area contributed by atoms with E-state index < -0.39 is 6.61 Å². The maximum absolute atomic E-state index is 12.2. The number of hydrogen-bond donors (Lipinski definition) is 1. The van der Waals surface area contributed by atoms with Crippen molar-refractivity contribution < 1.29 is 13.5 Å². The molecule has 1 aromatic heterocycles. The van der Waals surface area contributed by atoms with Crippen LogP contribution in [0.15, 0.2) is 24.4 Å². The van der Waals surface area contributed by atoms with Gasteiger partial charge in [-0.1, -0.05) is 19.8 Å². The van der Waals surface area contributed by atoms with Crippen LogP contribution in [0.1, 0.15) is 31.7 Å². The van der Waals surface area contributed by atoms with E-state index in [4.69, 9.17) is 0 Å². The Kier molecular flexibility index (Phi) is 4.18. The highest BCUT2D eigenvalue weighted by atomic mass is 19.3. The van der Waals surface area contributed by atoms with Gasteiger partial charge in [0.2, 0.25) is 0 Å². The smallest absolute Gasteiger partial charge is 0.387 e. The van der Waals surface area contributed by atoms with Crippen molar-refractivity contribution >= 4 is 10.9 Å². The van der Waals surface area contributed by atoms with E-state index in [9.17, 15) is 8.78 Å². The summed E-state index contributed by atoms with van der Waals surface area (Å²) in [5.41, 5.74) is 2.13. The molecule has 2 nitrogen and oxygen atoms in total. The first kappa shape index (κ1) is 12.9. The minimum Gasteiger partial charge on any atom is -0.435 e. The number of alkyl halides is 2. The predicted molar refractivity (Wildman–Crippen MR) is 68.2 cm³/mol. The van der Waals surface area contributed by atoms with E-state index in [0.29, 0.717) is 0 Å². The van der Waals surface area contributed by atoms with Crippen LogP contribution in [0.3, 0.4) is 0 Å². The first-order valence-corrected chi connectivity index (χ1v) is 6.25. The molecule has 0 aliphatic carbocycles. The molecule has 0 aliphatic rings. The summed E-state index contributed by atoms with van der Waals surface area (Å²) in [6.07, 6.45) is 6.38. The zero-order valence-corrected chi connectivity index (χ0v) is 10.4. The van der Waals surface area contributed by atoms with E-state index in [2.05, 4.69) is 16.6 Å². The van der Waals surface area contributed by atoms with Gasteiger partial charge in [-0.05, 0) is 36.6 Å². The average Bonchev–Trinajstić information content (AvgIpc) is 2.72. The third-order valence-electron chi connectivity index (χ3n) is 3.01. The zero-order chi connectivity index (χ0) is 13.0.